The van der Waals surface area contributed by atoms with E-state index in [-0.39, 0.29) is 21.2 Å². The van der Waals surface area contributed by atoms with Gasteiger partial charge in [-0.2, -0.15) is 0 Å². The van der Waals surface area contributed by atoms with Gasteiger partial charge in [0.2, 0.25) is 0 Å². The molecule has 2 aliphatic carbocycles. The fourth-order valence-electron chi connectivity index (χ4n) is 3.88. The van der Waals surface area contributed by atoms with Crippen molar-refractivity contribution in [3.8, 4) is 0 Å². The summed E-state index contributed by atoms with van der Waals surface area (Å²) < 4.78 is 2.29. The molecule has 2 atom stereocenters. The monoisotopic (exact) mass is 549 g/mol. The van der Waals surface area contributed by atoms with Gasteiger partial charge in [0.05, 0.1) is 0 Å². The van der Waals surface area contributed by atoms with Gasteiger partial charge in [-0.05, 0) is 0 Å². The zero-order chi connectivity index (χ0) is 22.6. The molecule has 2 aliphatic rings. The zero-order valence-electron chi connectivity index (χ0n) is 18.4. The number of alkyl halides is 2. The predicted octanol–water partition coefficient (Wildman–Crippen LogP) is 1.81. The summed E-state index contributed by atoms with van der Waals surface area (Å²) in [6.45, 7) is 0.899. The van der Waals surface area contributed by atoms with Gasteiger partial charge in [-0.3, -0.25) is 0 Å². The van der Waals surface area contributed by atoms with E-state index in [0.29, 0.717) is 0 Å². The molecular formula is C25H34IN4O2-. The van der Waals surface area contributed by atoms with Gasteiger partial charge >= 0.3 is 202 Å². The molecule has 1 amide bonds. The van der Waals surface area contributed by atoms with Gasteiger partial charge in [0, 0.05) is 0 Å². The van der Waals surface area contributed by atoms with Crippen LogP contribution in [0.15, 0.2) is 48.1 Å². The van der Waals surface area contributed by atoms with Crippen molar-refractivity contribution in [1.29, 1.82) is 5.41 Å². The Kier molecular flexibility index (Phi) is 10.3. The van der Waals surface area contributed by atoms with Crippen LogP contribution < -0.4 is 37.3 Å². The zero-order valence-corrected chi connectivity index (χ0v) is 20.6. The van der Waals surface area contributed by atoms with Crippen LogP contribution in [-0.4, -0.2) is 32.9 Å². The number of halogens is 1. The predicted molar refractivity (Wildman–Crippen MR) is 128 cm³/mol. The standard InChI is InChI=1S/C25H34IN4O2/c27-14-3-1-2-13-26-18-29-23-11-9-19(10-12-25(31)30-32)16-24(23)28-15-5-8-20-6-4-7-21-17-22(20)21/h4,6-7,9-12,14,16,21-22,27-29,32H,1-3,5,8,13,15,17-18H2,(H,30,31)/q-1/b12-10+,27-14?/t21-,22?/m1/s1. The fraction of sp³-hybridized carbons (Fsp3) is 0.440. The summed E-state index contributed by atoms with van der Waals surface area (Å²) in [6.07, 6.45) is 18.1. The molecule has 0 spiro atoms. The number of carbonyl (C=O) groups excluding carboxylic acids is 1. The van der Waals surface area contributed by atoms with E-state index in [2.05, 4.69) is 34.9 Å². The fourth-order valence-corrected chi connectivity index (χ4v) is 6.02. The molecule has 1 aromatic carbocycles. The first-order valence-corrected chi connectivity index (χ1v) is 14.4. The first kappa shape index (κ1) is 24.5. The van der Waals surface area contributed by atoms with E-state index in [1.165, 1.54) is 29.6 Å². The van der Waals surface area contributed by atoms with E-state index < -0.39 is 5.91 Å². The van der Waals surface area contributed by atoms with Crippen molar-refractivity contribution in [2.45, 2.75) is 38.5 Å². The second-order valence-corrected chi connectivity index (χ2v) is 11.1. The number of unbranched alkanes of at least 4 members (excludes halogenated alkanes) is 2. The van der Waals surface area contributed by atoms with E-state index in [1.54, 1.807) is 17.1 Å². The summed E-state index contributed by atoms with van der Waals surface area (Å²) in [4.78, 5) is 11.3. The van der Waals surface area contributed by atoms with Crippen molar-refractivity contribution in [3.05, 3.63) is 53.6 Å². The van der Waals surface area contributed by atoms with Crippen LogP contribution in [0.3, 0.4) is 0 Å². The molecule has 6 nitrogen and oxygen atoms in total. The van der Waals surface area contributed by atoms with Crippen molar-refractivity contribution < 1.29 is 31.2 Å². The molecule has 5 N–H and O–H groups in total. The van der Waals surface area contributed by atoms with Gasteiger partial charge in [0.25, 0.3) is 0 Å². The van der Waals surface area contributed by atoms with Crippen molar-refractivity contribution in [3.63, 3.8) is 0 Å². The third-order valence-corrected chi connectivity index (χ3v) is 8.19. The number of hydrogen-bond acceptors (Lipinski definition) is 5. The molecular weight excluding hydrogens is 515 g/mol. The first-order valence-electron chi connectivity index (χ1n) is 11.3. The minimum atomic E-state index is -0.539. The summed E-state index contributed by atoms with van der Waals surface area (Å²) in [5.41, 5.74) is 6.26. The first-order chi connectivity index (χ1) is 15.7. The van der Waals surface area contributed by atoms with Crippen LogP contribution >= 0.6 is 0 Å². The molecule has 7 heteroatoms. The van der Waals surface area contributed by atoms with Crippen LogP contribution in [0.25, 0.3) is 6.08 Å². The van der Waals surface area contributed by atoms with Gasteiger partial charge in [0.1, 0.15) is 0 Å². The van der Waals surface area contributed by atoms with E-state index in [0.717, 1.165) is 65.6 Å². The Hall–Kier alpha value is -2.13. The van der Waals surface area contributed by atoms with Crippen LogP contribution in [0, 0.1) is 17.2 Å². The number of carbonyl (C=O) groups is 1. The van der Waals surface area contributed by atoms with Crippen molar-refractivity contribution in [2.75, 3.05) is 26.2 Å². The van der Waals surface area contributed by atoms with Crippen LogP contribution in [0.4, 0.5) is 11.4 Å². The molecule has 1 aromatic rings. The molecule has 0 heterocycles. The molecule has 0 radical (unpaired) electrons. The Morgan fingerprint density at radius 3 is 2.97 bits per heavy atom. The number of benzene rings is 1. The molecule has 0 bridgehead atoms. The Morgan fingerprint density at radius 2 is 2.12 bits per heavy atom. The number of anilines is 2. The molecule has 1 unspecified atom stereocenters. The van der Waals surface area contributed by atoms with Crippen molar-refractivity contribution >= 4 is 29.6 Å². The third kappa shape index (κ3) is 8.09. The number of fused-ring (bicyclic) bond motifs is 1. The topological polar surface area (TPSA) is 97.2 Å². The van der Waals surface area contributed by atoms with Crippen LogP contribution in [0.1, 0.15) is 44.1 Å². The van der Waals surface area contributed by atoms with Gasteiger partial charge in [-0.1, -0.05) is 0 Å². The number of allylic oxidation sites excluding steroid dienone is 4. The normalized spacial score (nSPS) is 18.8. The van der Waals surface area contributed by atoms with Gasteiger partial charge in [-0.25, -0.2) is 0 Å². The van der Waals surface area contributed by atoms with Gasteiger partial charge in [-0.15, -0.1) is 0 Å². The van der Waals surface area contributed by atoms with Gasteiger partial charge in [0.15, 0.2) is 0 Å². The van der Waals surface area contributed by atoms with E-state index in [9.17, 15) is 4.79 Å². The molecule has 0 saturated heterocycles. The SMILES string of the molecule is N=CCCCC[I-]CNc1ccc(/C=C/C(=O)NO)cc1NCCCC1=CC=C[C@@H]2CC12. The van der Waals surface area contributed by atoms with E-state index in [1.807, 2.05) is 12.1 Å². The van der Waals surface area contributed by atoms with E-state index in [4.69, 9.17) is 10.6 Å². The average Bonchev–Trinajstić information content (AvgIpc) is 3.61. The molecule has 0 aromatic heterocycles. The Morgan fingerprint density at radius 1 is 1.22 bits per heavy atom. The number of hydrogen-bond donors (Lipinski definition) is 5. The van der Waals surface area contributed by atoms with Crippen LogP contribution in [-0.2, 0) is 4.79 Å². The van der Waals surface area contributed by atoms with Gasteiger partial charge < -0.3 is 0 Å². The number of rotatable bonds is 15. The van der Waals surface area contributed by atoms with Crippen LogP contribution in [0.2, 0.25) is 0 Å². The molecule has 32 heavy (non-hydrogen) atoms. The quantitative estimate of drug-likeness (QED) is 0.0337. The summed E-state index contributed by atoms with van der Waals surface area (Å²) in [7, 11) is 0. The summed E-state index contributed by atoms with van der Waals surface area (Å²) in [6, 6.07) is 6.08. The molecule has 174 valence electrons. The second kappa shape index (κ2) is 13.4. The summed E-state index contributed by atoms with van der Waals surface area (Å²) >= 11 is 0.0930. The Labute approximate surface area is 201 Å². The molecule has 0 aliphatic heterocycles. The molecule has 1 fully saturated rings. The third-order valence-electron chi connectivity index (χ3n) is 5.74. The average molecular weight is 549 g/mol. The summed E-state index contributed by atoms with van der Waals surface area (Å²) in [5.74, 6) is 1.06. The number of nitrogens with one attached hydrogen (secondary N) is 4. The maximum atomic E-state index is 11.3. The number of amides is 1. The Balaban J connectivity index is 1.52. The van der Waals surface area contributed by atoms with Crippen molar-refractivity contribution in [2.24, 2.45) is 11.8 Å². The number of hydroxylamine groups is 1. The summed E-state index contributed by atoms with van der Waals surface area (Å²) in [5, 5.41) is 23.0. The van der Waals surface area contributed by atoms with E-state index >= 15 is 0 Å². The molecule has 1 saturated carbocycles. The van der Waals surface area contributed by atoms with Crippen molar-refractivity contribution in [1.82, 2.24) is 5.48 Å². The second-order valence-electron chi connectivity index (χ2n) is 8.17. The minimum absolute atomic E-state index is 0.0930. The maximum absolute atomic E-state index is 11.3. The van der Waals surface area contributed by atoms with Crippen LogP contribution in [0.5, 0.6) is 0 Å². The Bertz CT molecular complexity index is 865. The molecule has 3 rings (SSSR count).